The van der Waals surface area contributed by atoms with Gasteiger partial charge in [-0.2, -0.15) is 0 Å². The first-order chi connectivity index (χ1) is 15.2. The van der Waals surface area contributed by atoms with Crippen LogP contribution in [-0.4, -0.2) is 50.3 Å². The molecule has 0 saturated carbocycles. The Kier molecular flexibility index (Phi) is 52.7. The molecule has 0 spiro atoms. The van der Waals surface area contributed by atoms with Gasteiger partial charge in [0.15, 0.2) is 0 Å². The molecule has 0 aliphatic carbocycles. The van der Waals surface area contributed by atoms with E-state index in [1.165, 1.54) is 51.4 Å². The molecule has 0 saturated heterocycles. The summed E-state index contributed by atoms with van der Waals surface area (Å²) in [6.07, 6.45) is 14.1. The summed E-state index contributed by atoms with van der Waals surface area (Å²) in [5.41, 5.74) is 0. The van der Waals surface area contributed by atoms with Gasteiger partial charge < -0.3 is 20.4 Å². The van der Waals surface area contributed by atoms with Crippen LogP contribution in [0.4, 0.5) is 0 Å². The van der Waals surface area contributed by atoms with E-state index in [1.807, 2.05) is 27.7 Å². The second-order valence-electron chi connectivity index (χ2n) is 9.66. The molecule has 0 bridgehead atoms. The molecule has 4 nitrogen and oxygen atoms in total. The van der Waals surface area contributed by atoms with E-state index in [0.717, 1.165) is 25.7 Å². The van der Waals surface area contributed by atoms with Gasteiger partial charge in [0.05, 0.1) is 0 Å². The van der Waals surface area contributed by atoms with Crippen molar-refractivity contribution in [1.82, 2.24) is 0 Å². The van der Waals surface area contributed by atoms with Crippen LogP contribution in [0, 0.1) is 23.7 Å². The van der Waals surface area contributed by atoms with Crippen molar-refractivity contribution in [2.75, 3.05) is 26.4 Å². The van der Waals surface area contributed by atoms with Crippen LogP contribution >= 0.6 is 0 Å². The van der Waals surface area contributed by atoms with Crippen molar-refractivity contribution in [2.45, 2.75) is 132 Å². The third kappa shape index (κ3) is 50.5. The number of hydrogen-bond acceptors (Lipinski definition) is 4. The summed E-state index contributed by atoms with van der Waals surface area (Å²) >= 11 is 0. The molecule has 5 heteroatoms. The van der Waals surface area contributed by atoms with Gasteiger partial charge in [-0.05, 0) is 0 Å². The fourth-order valence-corrected chi connectivity index (χ4v) is 2.54. The Balaban J connectivity index is -0.000000105. The molecule has 0 heterocycles. The van der Waals surface area contributed by atoms with E-state index < -0.39 is 0 Å². The molecule has 0 amide bonds. The van der Waals surface area contributed by atoms with Gasteiger partial charge in [0, 0.05) is 0 Å². The molecule has 0 rings (SSSR count). The van der Waals surface area contributed by atoms with Crippen molar-refractivity contribution < 1.29 is 20.4 Å². The molecule has 0 aromatic heterocycles. The molecule has 4 atom stereocenters. The number of hydrogen-bond donors (Lipinski definition) is 0. The van der Waals surface area contributed by atoms with Gasteiger partial charge in [0.1, 0.15) is 0 Å². The number of rotatable bonds is 16. The average molecular weight is 579 g/mol. The molecule has 0 aromatic rings. The normalized spacial score (nSPS) is 13.5. The molecule has 0 N–H and O–H groups in total. The summed E-state index contributed by atoms with van der Waals surface area (Å²) in [4.78, 5) is 0. The molecule has 4 unspecified atom stereocenters. The van der Waals surface area contributed by atoms with Crippen LogP contribution in [0.3, 0.4) is 0 Å². The van der Waals surface area contributed by atoms with Crippen molar-refractivity contribution in [2.24, 2.45) is 23.7 Å². The standard InChI is InChI=1S/4C7H15O.Sn/c4*1-3-4-5-7(2)6-8;/h4*7H,3-6H2,1-2H3;/q4*-1;+4. The molecule has 33 heavy (non-hydrogen) atoms. The quantitative estimate of drug-likeness (QED) is 0.255. The van der Waals surface area contributed by atoms with Crippen LogP contribution < -0.4 is 20.4 Å². The van der Waals surface area contributed by atoms with E-state index in [1.54, 1.807) is 0 Å². The fraction of sp³-hybridized carbons (Fsp3) is 1.00. The Hall–Kier alpha value is 0.639. The van der Waals surface area contributed by atoms with Crippen LogP contribution in [0.25, 0.3) is 0 Å². The predicted molar refractivity (Wildman–Crippen MR) is 140 cm³/mol. The predicted octanol–water partition coefficient (Wildman–Crippen LogP) is 4.31. The van der Waals surface area contributed by atoms with Crippen LogP contribution in [0.15, 0.2) is 0 Å². The fourth-order valence-electron chi connectivity index (χ4n) is 2.54. The smallest absolute Gasteiger partial charge is 0.854 e. The zero-order valence-electron chi connectivity index (χ0n) is 23.8. The molecular formula is C28H60O4Sn. The topological polar surface area (TPSA) is 92.2 Å². The van der Waals surface area contributed by atoms with Gasteiger partial charge in [-0.3, -0.25) is 0 Å². The molecular weight excluding hydrogens is 519 g/mol. The second kappa shape index (κ2) is 39.8. The largest absolute Gasteiger partial charge is 4.00 e. The van der Waals surface area contributed by atoms with E-state index in [4.69, 9.17) is 0 Å². The van der Waals surface area contributed by atoms with Gasteiger partial charge in [-0.1, -0.05) is 156 Å². The maximum Gasteiger partial charge on any atom is 4.00 e. The second-order valence-corrected chi connectivity index (χ2v) is 9.66. The van der Waals surface area contributed by atoms with E-state index in [-0.39, 0.29) is 50.3 Å². The first kappa shape index (κ1) is 43.7. The van der Waals surface area contributed by atoms with Gasteiger partial charge in [0.25, 0.3) is 0 Å². The SMILES string of the molecule is CCCCC(C)C[O-].CCCCC(C)C[O-].CCCCC(C)C[O-].CCCCC(C)C[O-].[Sn+4]. The molecule has 0 aliphatic heterocycles. The van der Waals surface area contributed by atoms with E-state index >= 15 is 0 Å². The minimum Gasteiger partial charge on any atom is -0.854 e. The van der Waals surface area contributed by atoms with Crippen molar-refractivity contribution in [3.8, 4) is 0 Å². The first-order valence-electron chi connectivity index (χ1n) is 13.6. The maximum absolute atomic E-state index is 10.1. The molecule has 0 radical (unpaired) electrons. The summed E-state index contributed by atoms with van der Waals surface area (Å²) < 4.78 is 0. The minimum atomic E-state index is 0. The third-order valence-electron chi connectivity index (χ3n) is 5.34. The Bertz CT molecular complexity index is 237. The van der Waals surface area contributed by atoms with Crippen molar-refractivity contribution in [1.29, 1.82) is 0 Å². The Morgan fingerprint density at radius 3 is 0.636 bits per heavy atom. The van der Waals surface area contributed by atoms with Crippen LogP contribution in [0.5, 0.6) is 0 Å². The van der Waals surface area contributed by atoms with Crippen LogP contribution in [0.2, 0.25) is 0 Å². The zero-order valence-corrected chi connectivity index (χ0v) is 26.6. The maximum atomic E-state index is 10.1. The summed E-state index contributed by atoms with van der Waals surface area (Å²) in [5.74, 6) is 1.59. The van der Waals surface area contributed by atoms with Gasteiger partial charge in [0.2, 0.25) is 0 Å². The molecule has 0 fully saturated rings. The van der Waals surface area contributed by atoms with E-state index in [2.05, 4.69) is 27.7 Å². The average Bonchev–Trinajstić information content (AvgIpc) is 2.83. The summed E-state index contributed by atoms with van der Waals surface area (Å²) in [5, 5.41) is 40.5. The summed E-state index contributed by atoms with van der Waals surface area (Å²) in [6.45, 7) is 17.1. The molecule has 0 aliphatic rings. The van der Waals surface area contributed by atoms with Gasteiger partial charge in [-0.15, -0.1) is 26.4 Å². The van der Waals surface area contributed by atoms with Crippen molar-refractivity contribution in [3.63, 3.8) is 0 Å². The monoisotopic (exact) mass is 580 g/mol. The third-order valence-corrected chi connectivity index (χ3v) is 5.34. The van der Waals surface area contributed by atoms with E-state index in [0.29, 0.717) is 23.7 Å². The van der Waals surface area contributed by atoms with Crippen LogP contribution in [-0.2, 0) is 0 Å². The molecule has 200 valence electrons. The minimum absolute atomic E-state index is 0. The Labute approximate surface area is 226 Å². The Morgan fingerprint density at radius 2 is 0.545 bits per heavy atom. The Morgan fingerprint density at radius 1 is 0.394 bits per heavy atom. The first-order valence-corrected chi connectivity index (χ1v) is 13.6. The molecule has 0 aromatic carbocycles. The van der Waals surface area contributed by atoms with Gasteiger partial charge >= 0.3 is 23.9 Å². The van der Waals surface area contributed by atoms with Gasteiger partial charge in [-0.25, -0.2) is 0 Å². The zero-order chi connectivity index (χ0) is 25.6. The van der Waals surface area contributed by atoms with Crippen LogP contribution in [0.1, 0.15) is 132 Å². The summed E-state index contributed by atoms with van der Waals surface area (Å²) in [7, 11) is 0. The number of unbranched alkanes of at least 4 members (excludes halogenated alkanes) is 4. The summed E-state index contributed by atoms with van der Waals surface area (Å²) in [6, 6.07) is 0. The van der Waals surface area contributed by atoms with E-state index in [9.17, 15) is 20.4 Å². The van der Waals surface area contributed by atoms with Crippen molar-refractivity contribution >= 4 is 23.9 Å². The van der Waals surface area contributed by atoms with Crippen molar-refractivity contribution in [3.05, 3.63) is 0 Å².